The Bertz CT molecular complexity index is 760. The molecule has 3 rings (SSSR count). The van der Waals surface area contributed by atoms with E-state index in [2.05, 4.69) is 69.6 Å². The minimum Gasteiger partial charge on any atom is -0.497 e. The van der Waals surface area contributed by atoms with Crippen molar-refractivity contribution in [1.29, 1.82) is 0 Å². The molecule has 2 aromatic rings. The van der Waals surface area contributed by atoms with Gasteiger partial charge in [-0.3, -0.25) is 4.99 Å². The Kier molecular flexibility index (Phi) is 7.94. The summed E-state index contributed by atoms with van der Waals surface area (Å²) in [5.74, 6) is 2.51. The van der Waals surface area contributed by atoms with E-state index in [1.165, 1.54) is 30.6 Å². The zero-order chi connectivity index (χ0) is 20.5. The molecule has 0 amide bonds. The van der Waals surface area contributed by atoms with Crippen LogP contribution >= 0.6 is 0 Å². The fraction of sp³-hybridized carbons (Fsp3) is 0.458. The van der Waals surface area contributed by atoms with E-state index in [1.807, 2.05) is 19.2 Å². The van der Waals surface area contributed by atoms with Crippen LogP contribution in [0.5, 0.6) is 5.75 Å². The predicted octanol–water partition coefficient (Wildman–Crippen LogP) is 3.27. The molecule has 1 aliphatic heterocycles. The molecule has 0 radical (unpaired) electrons. The van der Waals surface area contributed by atoms with E-state index in [4.69, 9.17) is 4.74 Å². The first-order chi connectivity index (χ1) is 14.2. The number of nitrogens with one attached hydrogen (secondary N) is 1. The highest BCUT2D eigenvalue weighted by atomic mass is 16.5. The summed E-state index contributed by atoms with van der Waals surface area (Å²) in [5, 5.41) is 3.57. The average Bonchev–Trinajstić information content (AvgIpc) is 3.22. The predicted molar refractivity (Wildman–Crippen MR) is 121 cm³/mol. The molecular weight excluding hydrogens is 360 g/mol. The maximum Gasteiger partial charge on any atom is 0.193 e. The van der Waals surface area contributed by atoms with Gasteiger partial charge in [0.1, 0.15) is 5.75 Å². The van der Waals surface area contributed by atoms with Gasteiger partial charge < -0.3 is 19.9 Å². The zero-order valence-corrected chi connectivity index (χ0v) is 18.0. The smallest absolute Gasteiger partial charge is 0.193 e. The SMILES string of the molecule is CN=C(NCC1CCN(CCc2ccccc2)C1)N(C)Cc1ccc(OC)cc1. The van der Waals surface area contributed by atoms with E-state index in [-0.39, 0.29) is 0 Å². The molecule has 1 saturated heterocycles. The third-order valence-corrected chi connectivity index (χ3v) is 5.63. The Balaban J connectivity index is 1.40. The summed E-state index contributed by atoms with van der Waals surface area (Å²) < 4.78 is 5.24. The molecule has 0 aliphatic carbocycles. The molecule has 0 saturated carbocycles. The molecule has 0 aromatic heterocycles. The summed E-state index contributed by atoms with van der Waals surface area (Å²) in [6.45, 7) is 5.30. The van der Waals surface area contributed by atoms with Crippen LogP contribution in [0.3, 0.4) is 0 Å². The van der Waals surface area contributed by atoms with Gasteiger partial charge in [-0.1, -0.05) is 42.5 Å². The number of likely N-dealkylation sites (tertiary alicyclic amines) is 1. The van der Waals surface area contributed by atoms with E-state index in [0.29, 0.717) is 5.92 Å². The van der Waals surface area contributed by atoms with Gasteiger partial charge in [0.25, 0.3) is 0 Å². The Morgan fingerprint density at radius 2 is 1.90 bits per heavy atom. The molecule has 0 bridgehead atoms. The van der Waals surface area contributed by atoms with Gasteiger partial charge in [0, 0.05) is 40.3 Å². The average molecular weight is 395 g/mol. The molecule has 5 nitrogen and oxygen atoms in total. The van der Waals surface area contributed by atoms with Crippen LogP contribution < -0.4 is 10.1 Å². The van der Waals surface area contributed by atoms with Crippen molar-refractivity contribution in [2.45, 2.75) is 19.4 Å². The van der Waals surface area contributed by atoms with Crippen molar-refractivity contribution >= 4 is 5.96 Å². The van der Waals surface area contributed by atoms with Gasteiger partial charge in [-0.05, 0) is 48.6 Å². The number of hydrogen-bond acceptors (Lipinski definition) is 3. The zero-order valence-electron chi connectivity index (χ0n) is 18.0. The van der Waals surface area contributed by atoms with Crippen molar-refractivity contribution in [3.05, 3.63) is 65.7 Å². The summed E-state index contributed by atoms with van der Waals surface area (Å²) in [5.41, 5.74) is 2.67. The van der Waals surface area contributed by atoms with Gasteiger partial charge in [0.15, 0.2) is 5.96 Å². The molecule has 1 atom stereocenters. The first kappa shape index (κ1) is 21.2. The molecule has 1 fully saturated rings. The first-order valence-electron chi connectivity index (χ1n) is 10.5. The number of methoxy groups -OCH3 is 1. The van der Waals surface area contributed by atoms with Crippen molar-refractivity contribution in [3.8, 4) is 5.75 Å². The van der Waals surface area contributed by atoms with Crippen molar-refractivity contribution in [2.24, 2.45) is 10.9 Å². The van der Waals surface area contributed by atoms with Crippen molar-refractivity contribution in [3.63, 3.8) is 0 Å². The molecule has 1 aliphatic rings. The minimum atomic E-state index is 0.678. The van der Waals surface area contributed by atoms with Crippen LogP contribution in [0.2, 0.25) is 0 Å². The van der Waals surface area contributed by atoms with Crippen LogP contribution in [-0.4, -0.2) is 63.1 Å². The lowest BCUT2D eigenvalue weighted by Crippen LogP contribution is -2.41. The lowest BCUT2D eigenvalue weighted by Gasteiger charge is -2.24. The van der Waals surface area contributed by atoms with Crippen molar-refractivity contribution < 1.29 is 4.74 Å². The number of rotatable bonds is 8. The van der Waals surface area contributed by atoms with Gasteiger partial charge in [-0.25, -0.2) is 0 Å². The van der Waals surface area contributed by atoms with Crippen LogP contribution in [0.25, 0.3) is 0 Å². The van der Waals surface area contributed by atoms with Crippen LogP contribution in [0.4, 0.5) is 0 Å². The molecule has 1 heterocycles. The monoisotopic (exact) mass is 394 g/mol. The number of aliphatic imine (C=N–C) groups is 1. The maximum absolute atomic E-state index is 5.24. The molecule has 29 heavy (non-hydrogen) atoms. The van der Waals surface area contributed by atoms with Crippen molar-refractivity contribution in [2.75, 3.05) is 47.4 Å². The third-order valence-electron chi connectivity index (χ3n) is 5.63. The molecule has 5 heteroatoms. The topological polar surface area (TPSA) is 40.1 Å². The van der Waals surface area contributed by atoms with E-state index < -0.39 is 0 Å². The summed E-state index contributed by atoms with van der Waals surface area (Å²) in [7, 11) is 5.63. The number of ether oxygens (including phenoxy) is 1. The van der Waals surface area contributed by atoms with E-state index in [0.717, 1.165) is 37.8 Å². The molecule has 156 valence electrons. The second-order valence-electron chi connectivity index (χ2n) is 7.82. The second kappa shape index (κ2) is 10.9. The van der Waals surface area contributed by atoms with Gasteiger partial charge in [-0.15, -0.1) is 0 Å². The normalized spacial score (nSPS) is 17.3. The third kappa shape index (κ3) is 6.50. The van der Waals surface area contributed by atoms with Gasteiger partial charge >= 0.3 is 0 Å². The maximum atomic E-state index is 5.24. The number of hydrogen-bond donors (Lipinski definition) is 1. The standard InChI is InChI=1S/C24H34N4O/c1-25-24(27(2)18-21-9-11-23(29-3)12-10-21)26-17-22-14-16-28(19-22)15-13-20-7-5-4-6-8-20/h4-12,22H,13-19H2,1-3H3,(H,25,26). The largest absolute Gasteiger partial charge is 0.497 e. The van der Waals surface area contributed by atoms with Crippen LogP contribution in [-0.2, 0) is 13.0 Å². The fourth-order valence-corrected chi connectivity index (χ4v) is 3.91. The van der Waals surface area contributed by atoms with E-state index >= 15 is 0 Å². The summed E-state index contributed by atoms with van der Waals surface area (Å²) in [6.07, 6.45) is 2.38. The fourth-order valence-electron chi connectivity index (χ4n) is 3.91. The van der Waals surface area contributed by atoms with Crippen molar-refractivity contribution in [1.82, 2.24) is 15.1 Å². The van der Waals surface area contributed by atoms with Gasteiger partial charge in [-0.2, -0.15) is 0 Å². The number of guanidine groups is 1. The molecule has 0 spiro atoms. The van der Waals surface area contributed by atoms with Crippen LogP contribution in [0.15, 0.2) is 59.6 Å². The minimum absolute atomic E-state index is 0.678. The molecule has 2 aromatic carbocycles. The van der Waals surface area contributed by atoms with E-state index in [1.54, 1.807) is 7.11 Å². The lowest BCUT2D eigenvalue weighted by molar-refractivity contribution is 0.327. The number of nitrogens with zero attached hydrogens (tertiary/aromatic N) is 3. The number of benzene rings is 2. The molecular formula is C24H34N4O. The van der Waals surface area contributed by atoms with Gasteiger partial charge in [0.2, 0.25) is 0 Å². The molecule has 1 N–H and O–H groups in total. The first-order valence-corrected chi connectivity index (χ1v) is 10.5. The molecule has 1 unspecified atom stereocenters. The van der Waals surface area contributed by atoms with E-state index in [9.17, 15) is 0 Å². The Hall–Kier alpha value is -2.53. The summed E-state index contributed by atoms with van der Waals surface area (Å²) in [6, 6.07) is 19.0. The quantitative estimate of drug-likeness (QED) is 0.551. The van der Waals surface area contributed by atoms with Crippen LogP contribution in [0.1, 0.15) is 17.5 Å². The summed E-state index contributed by atoms with van der Waals surface area (Å²) in [4.78, 5) is 9.22. The Morgan fingerprint density at radius 3 is 2.59 bits per heavy atom. The Labute approximate surface area is 175 Å². The Morgan fingerprint density at radius 1 is 1.14 bits per heavy atom. The van der Waals surface area contributed by atoms with Crippen LogP contribution in [0, 0.1) is 5.92 Å². The highest BCUT2D eigenvalue weighted by molar-refractivity contribution is 5.79. The summed E-state index contributed by atoms with van der Waals surface area (Å²) >= 11 is 0. The van der Waals surface area contributed by atoms with Gasteiger partial charge in [0.05, 0.1) is 7.11 Å². The highest BCUT2D eigenvalue weighted by Gasteiger charge is 2.22. The second-order valence-corrected chi connectivity index (χ2v) is 7.82. The lowest BCUT2D eigenvalue weighted by atomic mass is 10.1. The highest BCUT2D eigenvalue weighted by Crippen LogP contribution is 2.16.